The highest BCUT2D eigenvalue weighted by molar-refractivity contribution is 14.0. The molecule has 0 aliphatic carbocycles. The first-order valence-corrected chi connectivity index (χ1v) is 5.11. The van der Waals surface area contributed by atoms with Crippen LogP contribution in [0.1, 0.15) is 5.56 Å². The fourth-order valence-electron chi connectivity index (χ4n) is 1.13. The van der Waals surface area contributed by atoms with Crippen LogP contribution >= 0.6 is 39.9 Å². The second-order valence-corrected chi connectivity index (χ2v) is 3.88. The minimum Gasteiger partial charge on any atom is -0.370 e. The summed E-state index contributed by atoms with van der Waals surface area (Å²) < 4.78 is 1.09. The number of rotatable bonds is 2. The quantitative estimate of drug-likeness (QED) is 0.484. The largest absolute Gasteiger partial charge is 0.370 e. The van der Waals surface area contributed by atoms with Crippen LogP contribution in [0.15, 0.2) is 33.7 Å². The summed E-state index contributed by atoms with van der Waals surface area (Å²) in [4.78, 5) is 5.82. The first-order chi connectivity index (χ1) is 6.65. The highest BCUT2D eigenvalue weighted by atomic mass is 127. The first-order valence-electron chi connectivity index (χ1n) is 4.32. The number of halogens is 2. The molecular weight excluding hydrogens is 369 g/mol. The van der Waals surface area contributed by atoms with Crippen molar-refractivity contribution in [2.24, 2.45) is 10.7 Å². The number of nitrogens with two attached hydrogens (primary N) is 1. The topological polar surface area (TPSA) is 41.6 Å². The molecule has 0 aromatic heterocycles. The molecule has 1 rings (SSSR count). The van der Waals surface area contributed by atoms with Crippen LogP contribution in [-0.4, -0.2) is 25.0 Å². The first kappa shape index (κ1) is 14.7. The highest BCUT2D eigenvalue weighted by Crippen LogP contribution is 2.16. The van der Waals surface area contributed by atoms with Gasteiger partial charge in [0.25, 0.3) is 0 Å². The predicted octanol–water partition coefficient (Wildman–Crippen LogP) is 2.44. The van der Waals surface area contributed by atoms with Gasteiger partial charge in [0.2, 0.25) is 0 Å². The summed E-state index contributed by atoms with van der Waals surface area (Å²) in [6.45, 7) is 0.755. The van der Waals surface area contributed by atoms with E-state index in [1.54, 1.807) is 7.05 Å². The summed E-state index contributed by atoms with van der Waals surface area (Å²) >= 11 is 3.49. The standard InChI is InChI=1S/C10H14BrN3.HI/c1-13-10(12)14(2)7-8-5-3-4-6-9(8)11;/h3-6H,7H2,1-2H3,(H2,12,13);1H. The number of nitrogens with zero attached hydrogens (tertiary/aromatic N) is 2. The average Bonchev–Trinajstić information content (AvgIpc) is 2.20. The second-order valence-electron chi connectivity index (χ2n) is 3.03. The summed E-state index contributed by atoms with van der Waals surface area (Å²) in [6, 6.07) is 8.07. The van der Waals surface area contributed by atoms with Gasteiger partial charge in [-0.2, -0.15) is 0 Å². The molecule has 0 fully saturated rings. The van der Waals surface area contributed by atoms with Gasteiger partial charge >= 0.3 is 0 Å². The molecular formula is C10H15BrIN3. The van der Waals surface area contributed by atoms with E-state index in [9.17, 15) is 0 Å². The second kappa shape index (κ2) is 7.05. The third kappa shape index (κ3) is 4.38. The monoisotopic (exact) mass is 383 g/mol. The Morgan fingerprint density at radius 1 is 1.47 bits per heavy atom. The lowest BCUT2D eigenvalue weighted by molar-refractivity contribution is 0.493. The number of guanidine groups is 1. The summed E-state index contributed by atoms with van der Waals surface area (Å²) in [5.41, 5.74) is 6.87. The van der Waals surface area contributed by atoms with Gasteiger partial charge in [-0.1, -0.05) is 34.1 Å². The van der Waals surface area contributed by atoms with Gasteiger partial charge in [-0.25, -0.2) is 0 Å². The molecule has 0 unspecified atom stereocenters. The van der Waals surface area contributed by atoms with Crippen LogP contribution in [0.2, 0.25) is 0 Å². The van der Waals surface area contributed by atoms with Crippen molar-refractivity contribution in [2.75, 3.05) is 14.1 Å². The van der Waals surface area contributed by atoms with E-state index in [1.807, 2.05) is 30.1 Å². The van der Waals surface area contributed by atoms with Crippen LogP contribution in [0.25, 0.3) is 0 Å². The van der Waals surface area contributed by atoms with Gasteiger partial charge in [0.15, 0.2) is 5.96 Å². The lowest BCUT2D eigenvalue weighted by atomic mass is 10.2. The Bertz CT molecular complexity index is 341. The molecule has 5 heteroatoms. The van der Waals surface area contributed by atoms with Gasteiger partial charge in [0, 0.05) is 25.1 Å². The Morgan fingerprint density at radius 3 is 2.60 bits per heavy atom. The van der Waals surface area contributed by atoms with Gasteiger partial charge in [-0.15, -0.1) is 24.0 Å². The molecule has 0 amide bonds. The van der Waals surface area contributed by atoms with E-state index in [1.165, 1.54) is 5.56 Å². The molecule has 0 saturated carbocycles. The summed E-state index contributed by atoms with van der Waals surface area (Å²) in [7, 11) is 3.60. The molecule has 0 bridgehead atoms. The van der Waals surface area contributed by atoms with Crippen LogP contribution in [0.5, 0.6) is 0 Å². The number of aliphatic imine (C=N–C) groups is 1. The molecule has 15 heavy (non-hydrogen) atoms. The lowest BCUT2D eigenvalue weighted by Gasteiger charge is -2.18. The predicted molar refractivity (Wildman–Crippen MR) is 78.6 cm³/mol. The average molecular weight is 384 g/mol. The van der Waals surface area contributed by atoms with Crippen LogP contribution in [0.4, 0.5) is 0 Å². The van der Waals surface area contributed by atoms with Gasteiger partial charge in [0.1, 0.15) is 0 Å². The van der Waals surface area contributed by atoms with Crippen LogP contribution in [0.3, 0.4) is 0 Å². The summed E-state index contributed by atoms with van der Waals surface area (Å²) in [5.74, 6) is 0.542. The Morgan fingerprint density at radius 2 is 2.07 bits per heavy atom. The van der Waals surface area contributed by atoms with E-state index in [0.29, 0.717) is 5.96 Å². The van der Waals surface area contributed by atoms with Crippen molar-refractivity contribution in [1.29, 1.82) is 0 Å². The normalized spacial score (nSPS) is 10.7. The maximum atomic E-state index is 5.68. The van der Waals surface area contributed by atoms with E-state index in [2.05, 4.69) is 27.0 Å². The number of hydrogen-bond acceptors (Lipinski definition) is 1. The van der Waals surface area contributed by atoms with Crippen molar-refractivity contribution in [2.45, 2.75) is 6.54 Å². The Labute approximate surface area is 116 Å². The van der Waals surface area contributed by atoms with Crippen LogP contribution in [0, 0.1) is 0 Å². The van der Waals surface area contributed by atoms with E-state index < -0.39 is 0 Å². The Hall–Kier alpha value is -0.300. The van der Waals surface area contributed by atoms with Crippen molar-refractivity contribution in [3.63, 3.8) is 0 Å². The summed E-state index contributed by atoms with van der Waals surface area (Å²) in [5, 5.41) is 0. The molecule has 0 aliphatic rings. The number of benzene rings is 1. The molecule has 0 radical (unpaired) electrons. The zero-order valence-electron chi connectivity index (χ0n) is 8.77. The molecule has 0 aliphatic heterocycles. The van der Waals surface area contributed by atoms with Crippen molar-refractivity contribution in [3.8, 4) is 0 Å². The Kier molecular flexibility index (Phi) is 6.91. The highest BCUT2D eigenvalue weighted by Gasteiger charge is 2.04. The number of hydrogen-bond donors (Lipinski definition) is 1. The van der Waals surface area contributed by atoms with E-state index in [-0.39, 0.29) is 24.0 Å². The molecule has 0 atom stereocenters. The van der Waals surface area contributed by atoms with Gasteiger partial charge in [-0.05, 0) is 11.6 Å². The molecule has 1 aromatic carbocycles. The maximum absolute atomic E-state index is 5.68. The zero-order chi connectivity index (χ0) is 10.6. The molecule has 0 spiro atoms. The molecule has 2 N–H and O–H groups in total. The fourth-order valence-corrected chi connectivity index (χ4v) is 1.54. The maximum Gasteiger partial charge on any atom is 0.191 e. The molecule has 0 heterocycles. The third-order valence-corrected chi connectivity index (χ3v) is 2.76. The third-order valence-electron chi connectivity index (χ3n) is 1.99. The van der Waals surface area contributed by atoms with Crippen LogP contribution < -0.4 is 5.73 Å². The molecule has 84 valence electrons. The lowest BCUT2D eigenvalue weighted by Crippen LogP contribution is -2.33. The minimum atomic E-state index is 0. The minimum absolute atomic E-state index is 0. The van der Waals surface area contributed by atoms with Gasteiger partial charge in [0.05, 0.1) is 0 Å². The van der Waals surface area contributed by atoms with Gasteiger partial charge < -0.3 is 10.6 Å². The SMILES string of the molecule is CN=C(N)N(C)Cc1ccccc1Br.I. The molecule has 1 aromatic rings. The fraction of sp³-hybridized carbons (Fsp3) is 0.300. The van der Waals surface area contributed by atoms with E-state index in [4.69, 9.17) is 5.73 Å². The van der Waals surface area contributed by atoms with Crippen molar-refractivity contribution < 1.29 is 0 Å². The van der Waals surface area contributed by atoms with E-state index >= 15 is 0 Å². The Balaban J connectivity index is 0.00000196. The summed E-state index contributed by atoms with van der Waals surface area (Å²) in [6.07, 6.45) is 0. The van der Waals surface area contributed by atoms with Crippen molar-refractivity contribution in [3.05, 3.63) is 34.3 Å². The van der Waals surface area contributed by atoms with Crippen LogP contribution in [-0.2, 0) is 6.54 Å². The van der Waals surface area contributed by atoms with Gasteiger partial charge in [-0.3, -0.25) is 4.99 Å². The van der Waals surface area contributed by atoms with E-state index in [0.717, 1.165) is 11.0 Å². The smallest absolute Gasteiger partial charge is 0.191 e. The zero-order valence-corrected chi connectivity index (χ0v) is 12.7. The molecule has 3 nitrogen and oxygen atoms in total. The van der Waals surface area contributed by atoms with Crippen molar-refractivity contribution >= 4 is 45.9 Å². The molecule has 0 saturated heterocycles. The van der Waals surface area contributed by atoms with Crippen molar-refractivity contribution in [1.82, 2.24) is 4.90 Å².